The number of unbranched alkanes of at least 4 members (excludes halogenated alkanes) is 14. The minimum atomic E-state index is -4.57. The molecule has 1 aromatic heterocycles. The van der Waals surface area contributed by atoms with Gasteiger partial charge in [0.25, 0.3) is 0 Å². The third kappa shape index (κ3) is 24.2. The number of methoxy groups -OCH3 is 1. The largest absolute Gasteiger partial charge is 0.472 e. The third-order valence-electron chi connectivity index (χ3n) is 11.2. The first-order valence-electron chi connectivity index (χ1n) is 23.3. The number of rotatable bonds is 38. The van der Waals surface area contributed by atoms with E-state index in [4.69, 9.17) is 30.1 Å². The Morgan fingerprint density at radius 2 is 1.44 bits per heavy atom. The Morgan fingerprint density at radius 1 is 0.803 bits per heavy atom. The topological polar surface area (TPSA) is 177 Å². The number of nitrogens with one attached hydrogen (secondary N) is 4. The molecule has 0 saturated carbocycles. The third-order valence-corrected chi connectivity index (χ3v) is 12.5. The lowest BCUT2D eigenvalue weighted by Gasteiger charge is -2.24. The number of carbonyl (C=O) groups excluding carboxylic acids is 3. The number of H-pyrrole nitrogens is 1. The number of hydrogen-bond donors (Lipinski definition) is 5. The van der Waals surface area contributed by atoms with Crippen LogP contribution in [0.1, 0.15) is 162 Å². The van der Waals surface area contributed by atoms with E-state index >= 15 is 0 Å². The Bertz CT molecular complexity index is 1550. The molecule has 3 amide bonds. The normalized spacial score (nSPS) is 14.6. The summed E-state index contributed by atoms with van der Waals surface area (Å²) in [6, 6.07) is 3.94. The number of fused-ring (bicyclic) bond motifs is 1. The molecule has 13 nitrogen and oxygen atoms in total. The number of halogens is 1. The molecule has 5 N–H and O–H groups in total. The molecular formula is C46H80ClN4O9P. The van der Waals surface area contributed by atoms with Crippen LogP contribution < -0.4 is 16.0 Å². The molecule has 0 spiro atoms. The van der Waals surface area contributed by atoms with Crippen LogP contribution in [0.15, 0.2) is 24.4 Å². The van der Waals surface area contributed by atoms with Gasteiger partial charge in [0.1, 0.15) is 6.04 Å². The average molecular weight is 900 g/mol. The Hall–Kier alpha value is -2.51. The minimum absolute atomic E-state index is 0.0246. The first kappa shape index (κ1) is 54.6. The van der Waals surface area contributed by atoms with Crippen molar-refractivity contribution in [3.8, 4) is 0 Å². The van der Waals surface area contributed by atoms with Gasteiger partial charge in [0.15, 0.2) is 0 Å². The fraction of sp³-hybridized carbons (Fsp3) is 0.761. The maximum atomic E-state index is 13.2. The Labute approximate surface area is 371 Å². The van der Waals surface area contributed by atoms with E-state index in [2.05, 4.69) is 34.8 Å². The van der Waals surface area contributed by atoms with E-state index in [-0.39, 0.29) is 56.6 Å². The standard InChI is InChI=1S/C46H80ClN4O9P/c1-6-9-11-13-14-15-16-17-18-20-22-27-42(52)50-38(34-58-30-28-39(57-5)24-21-19-12-10-7-2)35-60-61(55,56)59-31-29-48-46(54)45(36(4)8-3)51-43(53)32-37-33-49-41-26-23-25-40(47)44(37)41/h23,25-26,33,36,38-39,45,49H,6-22,24,27-32,34-35H2,1-5H3,(H,48,54)(H,50,52)(H,51,53)(H,55,56)/t36-,38+,39+,45-/m0/s1. The van der Waals surface area contributed by atoms with Crippen LogP contribution in [-0.4, -0.2) is 85.9 Å². The molecule has 0 bridgehead atoms. The summed E-state index contributed by atoms with van der Waals surface area (Å²) in [7, 11) is -2.86. The second-order valence-corrected chi connectivity index (χ2v) is 18.3. The highest BCUT2D eigenvalue weighted by molar-refractivity contribution is 7.47. The van der Waals surface area contributed by atoms with Gasteiger partial charge in [-0.1, -0.05) is 148 Å². The SMILES string of the molecule is CCCCCCCCCCCCCC(=O)N[C@H](COCC[C@@H](CCCCCCC)OC)COP(=O)(O)OCCNC(=O)[C@@H](NC(=O)Cc1c[nH]c2cccc(Cl)c12)[C@@H](C)CC. The van der Waals surface area contributed by atoms with E-state index in [1.54, 1.807) is 19.4 Å². The van der Waals surface area contributed by atoms with Gasteiger partial charge in [0, 0.05) is 43.8 Å². The summed E-state index contributed by atoms with van der Waals surface area (Å²) in [5.41, 5.74) is 1.53. The number of phosphoric acid groups is 1. The number of ether oxygens (including phenoxy) is 2. The summed E-state index contributed by atoms with van der Waals surface area (Å²) in [6.07, 6.45) is 23.4. The first-order chi connectivity index (χ1) is 29.4. The molecule has 1 aromatic carbocycles. The molecule has 0 radical (unpaired) electrons. The van der Waals surface area contributed by atoms with Crippen molar-refractivity contribution in [3.63, 3.8) is 0 Å². The number of carbonyl (C=O) groups is 3. The number of phosphoric ester groups is 1. The lowest BCUT2D eigenvalue weighted by atomic mass is 9.98. The van der Waals surface area contributed by atoms with Crippen LogP contribution in [0.4, 0.5) is 0 Å². The molecule has 0 saturated heterocycles. The van der Waals surface area contributed by atoms with Crippen molar-refractivity contribution in [2.45, 2.75) is 181 Å². The predicted molar refractivity (Wildman–Crippen MR) is 246 cm³/mol. The summed E-state index contributed by atoms with van der Waals surface area (Å²) in [5.74, 6) is -1.14. The molecule has 0 aliphatic rings. The van der Waals surface area contributed by atoms with Gasteiger partial charge in [0.05, 0.1) is 43.4 Å². The van der Waals surface area contributed by atoms with Crippen LogP contribution in [0.3, 0.4) is 0 Å². The molecule has 2 rings (SSSR count). The van der Waals surface area contributed by atoms with E-state index in [0.717, 1.165) is 48.6 Å². The fourth-order valence-electron chi connectivity index (χ4n) is 7.29. The van der Waals surface area contributed by atoms with Crippen molar-refractivity contribution in [2.75, 3.05) is 40.1 Å². The highest BCUT2D eigenvalue weighted by Gasteiger charge is 2.28. The van der Waals surface area contributed by atoms with Crippen LogP contribution in [0.25, 0.3) is 10.9 Å². The first-order valence-corrected chi connectivity index (χ1v) is 25.1. The smallest absolute Gasteiger partial charge is 0.381 e. The average Bonchev–Trinajstić information content (AvgIpc) is 3.66. The van der Waals surface area contributed by atoms with Gasteiger partial charge in [-0.05, 0) is 42.9 Å². The van der Waals surface area contributed by atoms with E-state index in [1.807, 2.05) is 26.0 Å². The molecule has 2 aromatic rings. The number of benzene rings is 1. The maximum Gasteiger partial charge on any atom is 0.472 e. The van der Waals surface area contributed by atoms with Gasteiger partial charge in [-0.25, -0.2) is 4.57 Å². The quantitative estimate of drug-likeness (QED) is 0.0324. The van der Waals surface area contributed by atoms with Crippen molar-refractivity contribution in [3.05, 3.63) is 35.0 Å². The summed E-state index contributed by atoms with van der Waals surface area (Å²) >= 11 is 6.38. The second kappa shape index (κ2) is 33.1. The molecule has 1 heterocycles. The number of aromatic nitrogens is 1. The molecule has 15 heteroatoms. The van der Waals surface area contributed by atoms with Gasteiger partial charge in [-0.2, -0.15) is 0 Å². The number of hydrogen-bond acceptors (Lipinski definition) is 8. The molecule has 1 unspecified atom stereocenters. The summed E-state index contributed by atoms with van der Waals surface area (Å²) < 4.78 is 35.0. The molecule has 0 fully saturated rings. The van der Waals surface area contributed by atoms with E-state index < -0.39 is 25.8 Å². The molecule has 0 aliphatic carbocycles. The van der Waals surface area contributed by atoms with Crippen molar-refractivity contribution in [1.82, 2.24) is 20.9 Å². The van der Waals surface area contributed by atoms with Crippen LogP contribution >= 0.6 is 19.4 Å². The summed E-state index contributed by atoms with van der Waals surface area (Å²) in [4.78, 5) is 52.9. The highest BCUT2D eigenvalue weighted by Crippen LogP contribution is 2.43. The highest BCUT2D eigenvalue weighted by atomic mass is 35.5. The lowest BCUT2D eigenvalue weighted by molar-refractivity contribution is -0.130. The van der Waals surface area contributed by atoms with Crippen molar-refractivity contribution in [1.29, 1.82) is 0 Å². The van der Waals surface area contributed by atoms with Gasteiger partial charge in [-0.3, -0.25) is 23.4 Å². The van der Waals surface area contributed by atoms with Crippen LogP contribution in [-0.2, 0) is 43.9 Å². The monoisotopic (exact) mass is 899 g/mol. The molecule has 0 aliphatic heterocycles. The van der Waals surface area contributed by atoms with Crippen molar-refractivity contribution >= 4 is 48.0 Å². The zero-order valence-corrected chi connectivity index (χ0v) is 39.7. The Morgan fingerprint density at radius 3 is 2.08 bits per heavy atom. The zero-order chi connectivity index (χ0) is 44.7. The summed E-state index contributed by atoms with van der Waals surface area (Å²) in [6.45, 7) is 7.98. The van der Waals surface area contributed by atoms with E-state index in [0.29, 0.717) is 30.9 Å². The van der Waals surface area contributed by atoms with Crippen LogP contribution in [0.2, 0.25) is 5.02 Å². The molecule has 5 atom stereocenters. The Balaban J connectivity index is 1.84. The minimum Gasteiger partial charge on any atom is -0.381 e. The van der Waals surface area contributed by atoms with E-state index in [1.165, 1.54) is 77.0 Å². The van der Waals surface area contributed by atoms with Gasteiger partial charge < -0.3 is 35.3 Å². The van der Waals surface area contributed by atoms with Gasteiger partial charge in [0.2, 0.25) is 17.7 Å². The lowest BCUT2D eigenvalue weighted by Crippen LogP contribution is -2.51. The van der Waals surface area contributed by atoms with Gasteiger partial charge >= 0.3 is 7.82 Å². The maximum absolute atomic E-state index is 13.2. The molecule has 350 valence electrons. The van der Waals surface area contributed by atoms with E-state index in [9.17, 15) is 23.8 Å². The number of aromatic amines is 1. The molecule has 61 heavy (non-hydrogen) atoms. The second-order valence-electron chi connectivity index (χ2n) is 16.4. The van der Waals surface area contributed by atoms with Crippen molar-refractivity contribution in [2.24, 2.45) is 5.92 Å². The van der Waals surface area contributed by atoms with Crippen LogP contribution in [0.5, 0.6) is 0 Å². The zero-order valence-electron chi connectivity index (χ0n) is 38.0. The van der Waals surface area contributed by atoms with Crippen molar-refractivity contribution < 1.29 is 42.4 Å². The summed E-state index contributed by atoms with van der Waals surface area (Å²) in [5, 5.41) is 9.76. The number of amides is 3. The van der Waals surface area contributed by atoms with Crippen LogP contribution in [0, 0.1) is 5.92 Å². The fourth-order valence-corrected chi connectivity index (χ4v) is 8.35. The van der Waals surface area contributed by atoms with Gasteiger partial charge in [-0.15, -0.1) is 0 Å². The molecular weight excluding hydrogens is 819 g/mol. The predicted octanol–water partition coefficient (Wildman–Crippen LogP) is 10.1. The Kier molecular flexibility index (Phi) is 29.6.